The summed E-state index contributed by atoms with van der Waals surface area (Å²) in [5, 5.41) is 9.72. The molecule has 3 aromatic rings. The molecule has 2 aliphatic carbocycles. The number of carbonyl (C=O) groups is 1. The predicted molar refractivity (Wildman–Crippen MR) is 149 cm³/mol. The number of para-hydroxylation sites is 1. The molecule has 0 amide bonds. The molecule has 0 bridgehead atoms. The lowest BCUT2D eigenvalue weighted by molar-refractivity contribution is -0.141. The molecule has 1 saturated carbocycles. The molecule has 2 aromatic heterocycles. The summed E-state index contributed by atoms with van der Waals surface area (Å²) in [4.78, 5) is 25.1. The number of hydrogen-bond acceptors (Lipinski definition) is 9. The Morgan fingerprint density at radius 1 is 1.20 bits per heavy atom. The lowest BCUT2D eigenvalue weighted by Gasteiger charge is -2.35. The molecule has 2 heterocycles. The van der Waals surface area contributed by atoms with E-state index in [0.29, 0.717) is 29.2 Å². The molecule has 214 valence electrons. The van der Waals surface area contributed by atoms with Gasteiger partial charge in [-0.2, -0.15) is 14.6 Å². The van der Waals surface area contributed by atoms with Gasteiger partial charge < -0.3 is 24.7 Å². The number of aromatic nitrogens is 4. The topological polar surface area (TPSA) is 155 Å². The number of carboxylic acids is 1. The number of hydrogen-bond donors (Lipinski definition) is 2. The maximum absolute atomic E-state index is 14.2. The van der Waals surface area contributed by atoms with Crippen LogP contribution in [0.15, 0.2) is 48.8 Å². The average Bonchev–Trinajstić information content (AvgIpc) is 3.52. The van der Waals surface area contributed by atoms with Crippen LogP contribution in [0.25, 0.3) is 11.2 Å². The molecule has 0 aliphatic heterocycles. The molecule has 1 unspecified atom stereocenters. The Labute approximate surface area is 232 Å². The van der Waals surface area contributed by atoms with Crippen molar-refractivity contribution in [2.45, 2.75) is 70.7 Å². The molecule has 12 nitrogen and oxygen atoms in total. The molecule has 2 aliphatic rings. The first-order valence-electron chi connectivity index (χ1n) is 13.5. The van der Waals surface area contributed by atoms with Crippen molar-refractivity contribution < 1.29 is 28.3 Å². The number of imidazole rings is 1. The number of rotatable bonds is 12. The molecule has 3 N–H and O–H groups in total. The Balaban J connectivity index is 1.33. The van der Waals surface area contributed by atoms with E-state index in [4.69, 9.17) is 19.5 Å². The fourth-order valence-electron chi connectivity index (χ4n) is 4.96. The lowest BCUT2D eigenvalue weighted by atomic mass is 9.96. The molecule has 40 heavy (non-hydrogen) atoms. The summed E-state index contributed by atoms with van der Waals surface area (Å²) in [6.45, 7) is 5.05. The van der Waals surface area contributed by atoms with Crippen LogP contribution in [0.1, 0.15) is 52.5 Å². The van der Waals surface area contributed by atoms with Gasteiger partial charge in [-0.05, 0) is 58.6 Å². The van der Waals surface area contributed by atoms with Crippen molar-refractivity contribution in [3.8, 4) is 11.6 Å². The van der Waals surface area contributed by atoms with E-state index in [1.165, 1.54) is 11.6 Å². The monoisotopic (exact) mass is 570 g/mol. The standard InChI is InChI=1S/C27H35N6O6P/c1-17(2)33(18(3)26(34)35)40(36,39-22-8-5-4-6-9-22)37-15-19-12-13-20(14-19)32-16-29-23-24(32)30-27(28)31-25(23)38-21-10-7-11-21/h4-6,8-9,12-13,16-21H,7,10-11,14-15H2,1-3H3,(H,34,35)(H2,28,30,31)/t18?,19-,20+,40-/m1/s1. The number of ether oxygens (including phenoxy) is 1. The first-order chi connectivity index (χ1) is 19.1. The quantitative estimate of drug-likeness (QED) is 0.227. The minimum atomic E-state index is -4.07. The van der Waals surface area contributed by atoms with E-state index >= 15 is 0 Å². The molecule has 1 fully saturated rings. The van der Waals surface area contributed by atoms with Gasteiger partial charge >= 0.3 is 13.7 Å². The average molecular weight is 571 g/mol. The lowest BCUT2D eigenvalue weighted by Crippen LogP contribution is -2.42. The number of fused-ring (bicyclic) bond motifs is 1. The van der Waals surface area contributed by atoms with E-state index in [0.717, 1.165) is 19.3 Å². The molecule has 1 aromatic carbocycles. The van der Waals surface area contributed by atoms with E-state index < -0.39 is 25.8 Å². The Morgan fingerprint density at radius 2 is 1.95 bits per heavy atom. The van der Waals surface area contributed by atoms with Crippen LogP contribution in [-0.4, -0.2) is 60.1 Å². The zero-order valence-corrected chi connectivity index (χ0v) is 23.7. The second kappa shape index (κ2) is 11.6. The number of nitrogen functional groups attached to an aromatic ring is 1. The summed E-state index contributed by atoms with van der Waals surface area (Å²) in [7, 11) is -4.07. The Morgan fingerprint density at radius 3 is 2.60 bits per heavy atom. The van der Waals surface area contributed by atoms with E-state index in [1.54, 1.807) is 44.4 Å². The highest BCUT2D eigenvalue weighted by Gasteiger charge is 2.44. The summed E-state index contributed by atoms with van der Waals surface area (Å²) in [6.07, 6.45) is 9.54. The van der Waals surface area contributed by atoms with Crippen LogP contribution in [0.5, 0.6) is 11.6 Å². The SMILES string of the molecule is CC(C)N(C(C)C(=O)O)[P@@](=O)(OC[C@@H]1C=C[C@H](n2cnc3c(OC4CCC4)nc(N)nc32)C1)Oc1ccccc1. The highest BCUT2D eigenvalue weighted by atomic mass is 31.2. The second-order valence-electron chi connectivity index (χ2n) is 10.5. The summed E-state index contributed by atoms with van der Waals surface area (Å²) >= 11 is 0. The second-order valence-corrected chi connectivity index (χ2v) is 12.3. The van der Waals surface area contributed by atoms with E-state index in [-0.39, 0.29) is 30.6 Å². The van der Waals surface area contributed by atoms with Crippen LogP contribution >= 0.6 is 7.75 Å². The van der Waals surface area contributed by atoms with Crippen LogP contribution < -0.4 is 15.0 Å². The zero-order valence-electron chi connectivity index (χ0n) is 22.8. The third-order valence-electron chi connectivity index (χ3n) is 7.23. The molecule has 0 radical (unpaired) electrons. The molecule has 4 atom stereocenters. The maximum atomic E-state index is 14.2. The van der Waals surface area contributed by atoms with Crippen molar-refractivity contribution in [2.24, 2.45) is 5.92 Å². The van der Waals surface area contributed by atoms with Crippen molar-refractivity contribution in [2.75, 3.05) is 12.3 Å². The number of benzene rings is 1. The van der Waals surface area contributed by atoms with Crippen molar-refractivity contribution in [3.05, 3.63) is 48.8 Å². The van der Waals surface area contributed by atoms with Crippen LogP contribution in [-0.2, 0) is 13.9 Å². The van der Waals surface area contributed by atoms with E-state index in [2.05, 4.69) is 15.0 Å². The predicted octanol–water partition coefficient (Wildman–Crippen LogP) is 4.84. The van der Waals surface area contributed by atoms with Gasteiger partial charge in [0.2, 0.25) is 11.8 Å². The fraction of sp³-hybridized carbons (Fsp3) is 0.481. The summed E-state index contributed by atoms with van der Waals surface area (Å²) in [5.41, 5.74) is 7.14. The summed E-state index contributed by atoms with van der Waals surface area (Å²) in [6, 6.07) is 7.00. The van der Waals surface area contributed by atoms with Gasteiger partial charge in [0.15, 0.2) is 11.2 Å². The van der Waals surface area contributed by atoms with Gasteiger partial charge in [0, 0.05) is 12.0 Å². The van der Waals surface area contributed by atoms with Gasteiger partial charge in [-0.3, -0.25) is 9.32 Å². The van der Waals surface area contributed by atoms with Gasteiger partial charge in [-0.15, -0.1) is 0 Å². The minimum Gasteiger partial charge on any atom is -0.480 e. The first kappa shape index (κ1) is 28.1. The minimum absolute atomic E-state index is 0.0620. The summed E-state index contributed by atoms with van der Waals surface area (Å²) in [5.74, 6) is -0.395. The highest BCUT2D eigenvalue weighted by molar-refractivity contribution is 7.51. The molecular formula is C27H35N6O6P. The Bertz CT molecular complexity index is 1430. The zero-order chi connectivity index (χ0) is 28.4. The molecule has 0 spiro atoms. The van der Waals surface area contributed by atoms with Crippen molar-refractivity contribution in [1.82, 2.24) is 24.2 Å². The van der Waals surface area contributed by atoms with Crippen LogP contribution in [0.2, 0.25) is 0 Å². The molecule has 5 rings (SSSR count). The number of anilines is 1. The molecular weight excluding hydrogens is 535 g/mol. The van der Waals surface area contributed by atoms with Crippen molar-refractivity contribution in [1.29, 1.82) is 0 Å². The highest BCUT2D eigenvalue weighted by Crippen LogP contribution is 2.55. The number of aliphatic carboxylic acids is 1. The first-order valence-corrected chi connectivity index (χ1v) is 15.0. The fourth-order valence-corrected chi connectivity index (χ4v) is 7.10. The molecule has 13 heteroatoms. The van der Waals surface area contributed by atoms with Gasteiger partial charge in [-0.1, -0.05) is 30.4 Å². The number of nitrogens with zero attached hydrogens (tertiary/aromatic N) is 5. The van der Waals surface area contributed by atoms with Crippen molar-refractivity contribution >= 4 is 30.8 Å². The Kier molecular flexibility index (Phi) is 8.11. The Hall–Kier alpha value is -3.47. The van der Waals surface area contributed by atoms with E-state index in [1.807, 2.05) is 22.8 Å². The van der Waals surface area contributed by atoms with Crippen molar-refractivity contribution in [3.63, 3.8) is 0 Å². The van der Waals surface area contributed by atoms with Crippen LogP contribution in [0.4, 0.5) is 5.95 Å². The largest absolute Gasteiger partial charge is 0.480 e. The van der Waals surface area contributed by atoms with Crippen LogP contribution in [0.3, 0.4) is 0 Å². The smallest absolute Gasteiger partial charge is 0.462 e. The van der Waals surface area contributed by atoms with Gasteiger partial charge in [0.25, 0.3) is 0 Å². The van der Waals surface area contributed by atoms with Gasteiger partial charge in [-0.25, -0.2) is 9.55 Å². The normalized spacial score (nSPS) is 21.4. The maximum Gasteiger partial charge on any atom is 0.462 e. The van der Waals surface area contributed by atoms with E-state index in [9.17, 15) is 14.5 Å². The number of carboxylic acid groups (broad SMARTS) is 1. The van der Waals surface area contributed by atoms with Crippen LogP contribution in [0, 0.1) is 5.92 Å². The number of nitrogens with two attached hydrogens (primary N) is 1. The third kappa shape index (κ3) is 5.84. The number of allylic oxidation sites excluding steroid dienone is 1. The molecule has 0 saturated heterocycles. The van der Waals surface area contributed by atoms with Gasteiger partial charge in [0.05, 0.1) is 19.0 Å². The summed E-state index contributed by atoms with van der Waals surface area (Å²) < 4.78 is 35.4. The third-order valence-corrected chi connectivity index (χ3v) is 9.52. The van der Waals surface area contributed by atoms with Gasteiger partial charge in [0.1, 0.15) is 17.9 Å².